The summed E-state index contributed by atoms with van der Waals surface area (Å²) >= 11 is 0. The van der Waals surface area contributed by atoms with Crippen LogP contribution in [0.5, 0.6) is 0 Å². The first kappa shape index (κ1) is 47.9. The first-order chi connectivity index (χ1) is 29.5. The Bertz CT molecular complexity index is 1720. The fourth-order valence-corrected chi connectivity index (χ4v) is 11.7. The Balaban J connectivity index is 1.18. The predicted molar refractivity (Wildman–Crippen MR) is 234 cm³/mol. The maximum Gasteiger partial charge on any atom is 0.161 e. The van der Waals surface area contributed by atoms with E-state index < -0.39 is 72.4 Å². The summed E-state index contributed by atoms with van der Waals surface area (Å²) in [5.74, 6) is -0.0465. The molecular formula is C50H76O12. The van der Waals surface area contributed by atoms with Crippen molar-refractivity contribution in [1.29, 1.82) is 0 Å². The molecule has 0 aromatic heterocycles. The Hall–Kier alpha value is -2.07. The van der Waals surface area contributed by atoms with E-state index in [0.29, 0.717) is 42.2 Å². The van der Waals surface area contributed by atoms with Crippen molar-refractivity contribution in [3.05, 3.63) is 59.3 Å². The Morgan fingerprint density at radius 3 is 2.35 bits per heavy atom. The number of carbonyl (C=O) groups is 1. The van der Waals surface area contributed by atoms with Gasteiger partial charge in [-0.15, -0.1) is 0 Å². The first-order valence-corrected chi connectivity index (χ1v) is 23.5. The molecule has 348 valence electrons. The van der Waals surface area contributed by atoms with E-state index in [9.17, 15) is 20.1 Å². The molecule has 1 unspecified atom stereocenters. The van der Waals surface area contributed by atoms with Crippen molar-refractivity contribution >= 4 is 5.78 Å². The summed E-state index contributed by atoms with van der Waals surface area (Å²) in [5.41, 5.74) is 0.128. The molecule has 3 aliphatic carbocycles. The van der Waals surface area contributed by atoms with Gasteiger partial charge in [-0.1, -0.05) is 76.6 Å². The van der Waals surface area contributed by atoms with E-state index in [1.807, 2.05) is 32.9 Å². The molecule has 3 saturated heterocycles. The van der Waals surface area contributed by atoms with E-state index in [2.05, 4.69) is 58.9 Å². The van der Waals surface area contributed by atoms with Crippen molar-refractivity contribution in [3.8, 4) is 0 Å². The van der Waals surface area contributed by atoms with Gasteiger partial charge in [0.25, 0.3) is 0 Å². The van der Waals surface area contributed by atoms with Crippen LogP contribution in [0, 0.1) is 35.5 Å². The maximum atomic E-state index is 14.6. The third-order valence-corrected chi connectivity index (χ3v) is 15.5. The number of hydrogen-bond donors (Lipinski definition) is 3. The van der Waals surface area contributed by atoms with Crippen LogP contribution in [0.15, 0.2) is 59.3 Å². The lowest BCUT2D eigenvalue weighted by molar-refractivity contribution is -0.318. The van der Waals surface area contributed by atoms with Gasteiger partial charge in [0.2, 0.25) is 0 Å². The van der Waals surface area contributed by atoms with Gasteiger partial charge in [-0.05, 0) is 87.9 Å². The number of allylic oxidation sites excluding steroid dienone is 3. The van der Waals surface area contributed by atoms with Crippen molar-refractivity contribution in [1.82, 2.24) is 0 Å². The van der Waals surface area contributed by atoms with Gasteiger partial charge in [0, 0.05) is 45.3 Å². The Morgan fingerprint density at radius 2 is 1.63 bits per heavy atom. The van der Waals surface area contributed by atoms with Crippen molar-refractivity contribution in [2.24, 2.45) is 35.5 Å². The molecule has 4 fully saturated rings. The molecule has 12 nitrogen and oxygen atoms in total. The minimum absolute atomic E-state index is 0.0280. The van der Waals surface area contributed by atoms with Gasteiger partial charge in [-0.3, -0.25) is 4.79 Å². The SMILES string of the molecule is CCC(C)[C@H]1O[C@@]2(C=[14CH][C@@H]1C)C[C@@H]1C/C=C(\C)[C@@H](O[C@H]3C[C@H](OC)[C@@H](O[C@H]4C[C@H](OC)[C@@H](O)[C@H](C)O4)[C@H](C)O3)[C@@H](C)/C=C/C=C3\CO[C@@H]4[C@H](O)C(C)=C[C@@H](C(=O)C[C@@H](C1)C2)[C@]34O. The van der Waals surface area contributed by atoms with Crippen LogP contribution < -0.4 is 0 Å². The molecule has 0 radical (unpaired) electrons. The number of Topliss-reactive ketones (excluding diaryl/α,β-unsaturated/α-hetero) is 1. The fraction of sp³-hybridized carbons (Fsp3) is 0.780. The van der Waals surface area contributed by atoms with Crippen LogP contribution >= 0.6 is 0 Å². The molecule has 3 N–H and O–H groups in total. The zero-order valence-corrected chi connectivity index (χ0v) is 38.8. The van der Waals surface area contributed by atoms with E-state index in [1.165, 1.54) is 0 Å². The van der Waals surface area contributed by atoms with Crippen LogP contribution in [0.3, 0.4) is 0 Å². The molecule has 62 heavy (non-hydrogen) atoms. The van der Waals surface area contributed by atoms with Crippen molar-refractivity contribution < 1.29 is 58.0 Å². The second-order valence-electron chi connectivity index (χ2n) is 20.0. The molecule has 1 spiro atoms. The van der Waals surface area contributed by atoms with Gasteiger partial charge in [0.1, 0.15) is 35.8 Å². The second-order valence-corrected chi connectivity index (χ2v) is 20.0. The molecule has 0 aromatic carbocycles. The van der Waals surface area contributed by atoms with Crippen LogP contribution in [0.1, 0.15) is 107 Å². The molecule has 20 atom stereocenters. The average Bonchev–Trinajstić information content (AvgIpc) is 3.58. The quantitative estimate of drug-likeness (QED) is 0.223. The summed E-state index contributed by atoms with van der Waals surface area (Å²) < 4.78 is 51.0. The summed E-state index contributed by atoms with van der Waals surface area (Å²) in [7, 11) is 3.26. The minimum Gasteiger partial charge on any atom is -0.388 e. The average molecular weight is 871 g/mol. The molecule has 0 amide bonds. The van der Waals surface area contributed by atoms with Gasteiger partial charge >= 0.3 is 0 Å². The van der Waals surface area contributed by atoms with Gasteiger partial charge < -0.3 is 53.2 Å². The van der Waals surface area contributed by atoms with Gasteiger partial charge in [0.15, 0.2) is 12.6 Å². The third kappa shape index (κ3) is 9.73. The fourth-order valence-electron chi connectivity index (χ4n) is 11.7. The van der Waals surface area contributed by atoms with Crippen molar-refractivity contribution in [2.75, 3.05) is 20.8 Å². The number of aliphatic hydroxyl groups is 3. The lowest BCUT2D eigenvalue weighted by atomic mass is 9.65. The first-order valence-electron chi connectivity index (χ1n) is 23.5. The lowest BCUT2D eigenvalue weighted by Crippen LogP contribution is -2.57. The topological polar surface area (TPSA) is 152 Å². The summed E-state index contributed by atoms with van der Waals surface area (Å²) in [4.78, 5) is 14.6. The van der Waals surface area contributed by atoms with Crippen LogP contribution in [0.2, 0.25) is 0 Å². The summed E-state index contributed by atoms with van der Waals surface area (Å²) in [6.07, 6.45) is 13.7. The predicted octanol–water partition coefficient (Wildman–Crippen LogP) is 6.70. The number of methoxy groups -OCH3 is 2. The Kier molecular flexibility index (Phi) is 15.3. The van der Waals surface area contributed by atoms with Crippen LogP contribution in [-0.4, -0.2) is 127 Å². The third-order valence-electron chi connectivity index (χ3n) is 15.5. The monoisotopic (exact) mass is 871 g/mol. The smallest absolute Gasteiger partial charge is 0.161 e. The number of rotatable bonds is 8. The van der Waals surface area contributed by atoms with Crippen molar-refractivity contribution in [3.63, 3.8) is 0 Å². The minimum atomic E-state index is -1.68. The molecule has 2 bridgehead atoms. The molecule has 0 aromatic rings. The van der Waals surface area contributed by atoms with E-state index in [4.69, 9.17) is 37.9 Å². The van der Waals surface area contributed by atoms with Gasteiger partial charge in [-0.2, -0.15) is 0 Å². The van der Waals surface area contributed by atoms with Gasteiger partial charge in [0.05, 0.1) is 54.7 Å². The van der Waals surface area contributed by atoms with Crippen LogP contribution in [0.4, 0.5) is 0 Å². The van der Waals surface area contributed by atoms with E-state index in [1.54, 1.807) is 20.3 Å². The molecule has 12 heteroatoms. The van der Waals surface area contributed by atoms with E-state index >= 15 is 0 Å². The number of aliphatic hydroxyl groups excluding tert-OH is 2. The van der Waals surface area contributed by atoms with E-state index in [0.717, 1.165) is 37.7 Å². The summed E-state index contributed by atoms with van der Waals surface area (Å²) in [6.45, 7) is 16.7. The number of fused-ring (bicyclic) bond motifs is 2. The highest BCUT2D eigenvalue weighted by molar-refractivity contribution is 5.86. The summed E-state index contributed by atoms with van der Waals surface area (Å²) in [5, 5.41) is 34.4. The zero-order valence-electron chi connectivity index (χ0n) is 38.8. The molecular weight excluding hydrogens is 795 g/mol. The molecule has 7 rings (SSSR count). The molecule has 4 aliphatic heterocycles. The highest BCUT2D eigenvalue weighted by Crippen LogP contribution is 2.50. The number of ketones is 1. The second kappa shape index (κ2) is 19.8. The molecule has 4 heterocycles. The standard InChI is InChI=1S/C50H76O12/c1-11-27(2)46-30(5)17-18-49(62-46)24-34-16-15-29(4)45(60-42-23-40(56-10)47(33(8)59-42)61-41-22-39(55-9)44(53)32(7)58-41)28(3)13-12-14-36-26-57-48-43(52)31(6)19-37(50(36,48)54)38(51)21-35(20-34)25-49/h12-15,17-19,27-28,30,32-35,37,39-48,52-54H,11,16,20-26H2,1-10H3/b13-12+,29-15+,36-14+/t27?,28-,30-,32-,33-,34+,35+,37-,39-,40-,41-,42-,43+,44-,45-,46+,47-,48+,49-,50+/m0/s1/i17+2. The Labute approximate surface area is 370 Å². The lowest BCUT2D eigenvalue weighted by Gasteiger charge is -2.49. The highest BCUT2D eigenvalue weighted by atomic mass is 16.7. The van der Waals surface area contributed by atoms with E-state index in [-0.39, 0.29) is 48.5 Å². The Morgan fingerprint density at radius 1 is 0.935 bits per heavy atom. The number of hydrogen-bond acceptors (Lipinski definition) is 12. The largest absolute Gasteiger partial charge is 0.388 e. The van der Waals surface area contributed by atoms with Gasteiger partial charge in [-0.25, -0.2) is 0 Å². The number of ether oxygens (including phenoxy) is 8. The van der Waals surface area contributed by atoms with Crippen LogP contribution in [0.25, 0.3) is 0 Å². The molecule has 1 saturated carbocycles. The maximum absolute atomic E-state index is 14.6. The molecule has 7 aliphatic rings. The normalized spacial score (nSPS) is 49.3. The van der Waals surface area contributed by atoms with Crippen LogP contribution in [-0.2, 0) is 42.7 Å². The van der Waals surface area contributed by atoms with Crippen molar-refractivity contribution in [2.45, 2.75) is 192 Å². The number of carbonyl (C=O) groups excluding carboxylic acids is 1. The zero-order chi connectivity index (χ0) is 44.7. The summed E-state index contributed by atoms with van der Waals surface area (Å²) in [6, 6.07) is 0. The highest BCUT2D eigenvalue weighted by Gasteiger charge is 2.59.